The molecule has 1 aliphatic heterocycles. The summed E-state index contributed by atoms with van der Waals surface area (Å²) in [4.78, 5) is 38.9. The second-order valence-corrected chi connectivity index (χ2v) is 10.2. The molecule has 2 aliphatic rings. The van der Waals surface area contributed by atoms with E-state index in [0.29, 0.717) is 46.8 Å². The van der Waals surface area contributed by atoms with Crippen LogP contribution < -0.4 is 5.56 Å². The quantitative estimate of drug-likeness (QED) is 0.279. The molecule has 2 atom stereocenters. The number of carbonyl (C=O) groups excluding carboxylic acids is 1. The molecule has 0 bridgehead atoms. The average Bonchev–Trinajstić information content (AvgIpc) is 3.38. The lowest BCUT2D eigenvalue weighted by molar-refractivity contribution is 0.156. The van der Waals surface area contributed by atoms with Crippen molar-refractivity contribution in [2.75, 3.05) is 0 Å². The maximum atomic E-state index is 14.2. The molecule has 0 saturated heterocycles. The number of amides is 2. The number of urea groups is 1. The predicted molar refractivity (Wildman–Crippen MR) is 156 cm³/mol. The van der Waals surface area contributed by atoms with Crippen molar-refractivity contribution in [1.29, 1.82) is 0 Å². The number of hydrogen-bond donors (Lipinski definition) is 0. The summed E-state index contributed by atoms with van der Waals surface area (Å²) in [7, 11) is 0. The third-order valence-electron chi connectivity index (χ3n) is 7.48. The van der Waals surface area contributed by atoms with E-state index in [4.69, 9.17) is 21.6 Å². The van der Waals surface area contributed by atoms with Gasteiger partial charge in [-0.2, -0.15) is 4.99 Å². The smallest absolute Gasteiger partial charge is 0.306 e. The van der Waals surface area contributed by atoms with Crippen LogP contribution in [0.1, 0.15) is 48.8 Å². The summed E-state index contributed by atoms with van der Waals surface area (Å²) in [5.74, 6) is 0.563. The molecule has 6 nitrogen and oxygen atoms in total. The molecule has 1 aliphatic carbocycles. The Labute approximate surface area is 231 Å². The first-order chi connectivity index (χ1) is 19.0. The number of aliphatic imine (C=N–C) groups is 1. The van der Waals surface area contributed by atoms with Gasteiger partial charge in [-0.3, -0.25) is 9.36 Å². The van der Waals surface area contributed by atoms with Gasteiger partial charge in [-0.1, -0.05) is 96.6 Å². The van der Waals surface area contributed by atoms with E-state index in [1.165, 1.54) is 0 Å². The third kappa shape index (κ3) is 4.61. The number of hydrogen-bond acceptors (Lipinski definition) is 3. The van der Waals surface area contributed by atoms with Gasteiger partial charge in [0.05, 0.1) is 33.7 Å². The predicted octanol–water partition coefficient (Wildman–Crippen LogP) is 7.16. The Hall–Kier alpha value is -4.29. The van der Waals surface area contributed by atoms with E-state index in [1.54, 1.807) is 27.7 Å². The van der Waals surface area contributed by atoms with Crippen LogP contribution in [-0.4, -0.2) is 26.2 Å². The van der Waals surface area contributed by atoms with Gasteiger partial charge in [-0.15, -0.1) is 0 Å². The van der Waals surface area contributed by atoms with Crippen LogP contribution in [0.5, 0.6) is 0 Å². The fourth-order valence-corrected chi connectivity index (χ4v) is 5.78. The maximum absolute atomic E-state index is 14.2. The van der Waals surface area contributed by atoms with Crippen molar-refractivity contribution >= 4 is 39.8 Å². The molecule has 0 saturated carbocycles. The Kier molecular flexibility index (Phi) is 6.71. The van der Waals surface area contributed by atoms with E-state index in [-0.39, 0.29) is 17.6 Å². The van der Waals surface area contributed by atoms with Gasteiger partial charge in [-0.25, -0.2) is 9.78 Å². The van der Waals surface area contributed by atoms with Gasteiger partial charge in [0, 0.05) is 18.5 Å². The number of benzene rings is 3. The first-order valence-electron chi connectivity index (χ1n) is 13.1. The number of aromatic nitrogens is 2. The standard InChI is InChI=1S/C32H27ClN4O2/c1-21(22-11-4-2-5-12-22)37(32(39)35-26-17-9-8-15-24(26)23-13-6-3-7-14-23)28-19-20-36-30(28)34-27-18-10-16-25(33)29(27)31(36)38/h2-16,18,21,28H,17,19-20H2,1H3. The van der Waals surface area contributed by atoms with Crippen LogP contribution in [0.25, 0.3) is 16.5 Å². The van der Waals surface area contributed by atoms with E-state index >= 15 is 0 Å². The van der Waals surface area contributed by atoms with E-state index < -0.39 is 6.04 Å². The highest BCUT2D eigenvalue weighted by Gasteiger charge is 2.37. The third-order valence-corrected chi connectivity index (χ3v) is 7.79. The van der Waals surface area contributed by atoms with Crippen LogP contribution >= 0.6 is 11.6 Å². The number of carbonyl (C=O) groups is 1. The molecular weight excluding hydrogens is 508 g/mol. The minimum absolute atomic E-state index is 0.180. The van der Waals surface area contributed by atoms with Gasteiger partial charge in [0.1, 0.15) is 5.82 Å². The first kappa shape index (κ1) is 25.0. The summed E-state index contributed by atoms with van der Waals surface area (Å²) in [6, 6.07) is 24.1. The Bertz CT molecular complexity index is 1710. The van der Waals surface area contributed by atoms with Gasteiger partial charge < -0.3 is 4.90 Å². The molecule has 2 unspecified atom stereocenters. The van der Waals surface area contributed by atoms with Gasteiger partial charge in [0.25, 0.3) is 5.56 Å². The summed E-state index contributed by atoms with van der Waals surface area (Å²) in [6.45, 7) is 2.45. The van der Waals surface area contributed by atoms with Crippen molar-refractivity contribution in [3.8, 4) is 0 Å². The maximum Gasteiger partial charge on any atom is 0.344 e. The van der Waals surface area contributed by atoms with Crippen LogP contribution in [0.15, 0.2) is 107 Å². The molecule has 39 heavy (non-hydrogen) atoms. The van der Waals surface area contributed by atoms with E-state index in [1.807, 2.05) is 85.8 Å². The lowest BCUT2D eigenvalue weighted by Gasteiger charge is -2.33. The first-order valence-corrected chi connectivity index (χ1v) is 13.5. The molecule has 1 aromatic heterocycles. The number of fused-ring (bicyclic) bond motifs is 2. The number of rotatable bonds is 4. The molecule has 3 aromatic carbocycles. The number of nitrogens with zero attached hydrogens (tertiary/aromatic N) is 4. The Morgan fingerprint density at radius 2 is 1.79 bits per heavy atom. The van der Waals surface area contributed by atoms with Crippen LogP contribution in [0, 0.1) is 0 Å². The van der Waals surface area contributed by atoms with Crippen molar-refractivity contribution in [2.45, 2.75) is 38.4 Å². The van der Waals surface area contributed by atoms with Gasteiger partial charge in [-0.05, 0) is 36.6 Å². The average molecular weight is 535 g/mol. The van der Waals surface area contributed by atoms with Crippen LogP contribution in [0.4, 0.5) is 4.79 Å². The zero-order valence-corrected chi connectivity index (χ0v) is 22.3. The van der Waals surface area contributed by atoms with E-state index in [2.05, 4.69) is 0 Å². The molecule has 0 radical (unpaired) electrons. The minimum Gasteiger partial charge on any atom is -0.306 e. The summed E-state index contributed by atoms with van der Waals surface area (Å²) in [5, 5.41) is 0.788. The highest BCUT2D eigenvalue weighted by atomic mass is 35.5. The minimum atomic E-state index is -0.420. The molecule has 0 fully saturated rings. The highest BCUT2D eigenvalue weighted by molar-refractivity contribution is 6.35. The summed E-state index contributed by atoms with van der Waals surface area (Å²) in [5.41, 5.74) is 3.99. The largest absolute Gasteiger partial charge is 0.344 e. The molecule has 0 N–H and O–H groups in total. The van der Waals surface area contributed by atoms with Crippen molar-refractivity contribution in [3.05, 3.63) is 129 Å². The lowest BCUT2D eigenvalue weighted by atomic mass is 9.95. The molecule has 7 heteroatoms. The molecule has 6 rings (SSSR count). The summed E-state index contributed by atoms with van der Waals surface area (Å²) in [6.07, 6.45) is 7.12. The van der Waals surface area contributed by atoms with Crippen molar-refractivity contribution in [2.24, 2.45) is 4.99 Å². The van der Waals surface area contributed by atoms with E-state index in [9.17, 15) is 9.59 Å². The van der Waals surface area contributed by atoms with Crippen molar-refractivity contribution in [1.82, 2.24) is 14.5 Å². The molecule has 4 aromatic rings. The SMILES string of the molecule is CC(c1ccccc1)N(C(=O)N=C1CC=CC=C1c1ccccc1)C1CCn2c1nc1cccc(Cl)c1c2=O. The van der Waals surface area contributed by atoms with Crippen LogP contribution in [-0.2, 0) is 6.54 Å². The molecule has 2 amide bonds. The topological polar surface area (TPSA) is 67.6 Å². The van der Waals surface area contributed by atoms with Crippen molar-refractivity contribution in [3.63, 3.8) is 0 Å². The molecule has 2 heterocycles. The number of halogens is 1. The number of allylic oxidation sites excluding steroid dienone is 4. The van der Waals surface area contributed by atoms with Gasteiger partial charge in [0.2, 0.25) is 0 Å². The Morgan fingerprint density at radius 3 is 2.56 bits per heavy atom. The monoisotopic (exact) mass is 534 g/mol. The van der Waals surface area contributed by atoms with E-state index in [0.717, 1.165) is 16.7 Å². The normalized spacial score (nSPS) is 18.2. The lowest BCUT2D eigenvalue weighted by Crippen LogP contribution is -2.36. The zero-order chi connectivity index (χ0) is 26.9. The van der Waals surface area contributed by atoms with Gasteiger partial charge in [0.15, 0.2) is 0 Å². The Morgan fingerprint density at radius 1 is 1.05 bits per heavy atom. The zero-order valence-electron chi connectivity index (χ0n) is 21.5. The molecule has 0 spiro atoms. The highest BCUT2D eigenvalue weighted by Crippen LogP contribution is 2.37. The van der Waals surface area contributed by atoms with Gasteiger partial charge >= 0.3 is 6.03 Å². The second-order valence-electron chi connectivity index (χ2n) is 9.78. The summed E-state index contributed by atoms with van der Waals surface area (Å²) >= 11 is 6.37. The second kappa shape index (κ2) is 10.5. The Balaban J connectivity index is 1.45. The van der Waals surface area contributed by atoms with Crippen molar-refractivity contribution < 1.29 is 4.79 Å². The fraction of sp³-hybridized carbons (Fsp3) is 0.188. The summed E-state index contributed by atoms with van der Waals surface area (Å²) < 4.78 is 1.66. The molecular formula is C32H27ClN4O2. The molecule has 194 valence electrons. The van der Waals surface area contributed by atoms with Crippen LogP contribution in [0.3, 0.4) is 0 Å². The van der Waals surface area contributed by atoms with Crippen LogP contribution in [0.2, 0.25) is 5.02 Å². The fourth-order valence-electron chi connectivity index (χ4n) is 5.53.